The SMILES string of the molecule is CCCNc1cccc(C(=O)N2CCN(CCC)CC2)n1. The third kappa shape index (κ3) is 4.43. The molecule has 2 rings (SSSR count). The highest BCUT2D eigenvalue weighted by molar-refractivity contribution is 5.92. The summed E-state index contributed by atoms with van der Waals surface area (Å²) < 4.78 is 0. The topological polar surface area (TPSA) is 48.5 Å². The molecule has 1 aliphatic heterocycles. The molecule has 21 heavy (non-hydrogen) atoms. The number of aromatic nitrogens is 1. The predicted octanol–water partition coefficient (Wildman–Crippen LogP) is 2.07. The van der Waals surface area contributed by atoms with Crippen molar-refractivity contribution in [3.8, 4) is 0 Å². The summed E-state index contributed by atoms with van der Waals surface area (Å²) in [5, 5.41) is 3.23. The zero-order valence-electron chi connectivity index (χ0n) is 13.1. The quantitative estimate of drug-likeness (QED) is 0.871. The number of nitrogens with one attached hydrogen (secondary N) is 1. The number of piperazine rings is 1. The van der Waals surface area contributed by atoms with Gasteiger partial charge in [0.2, 0.25) is 0 Å². The largest absolute Gasteiger partial charge is 0.370 e. The zero-order valence-corrected chi connectivity index (χ0v) is 13.1. The second kappa shape index (κ2) is 7.98. The fraction of sp³-hybridized carbons (Fsp3) is 0.625. The number of pyridine rings is 1. The van der Waals surface area contributed by atoms with Crippen LogP contribution in [0.15, 0.2) is 18.2 Å². The molecular formula is C16H26N4O. The molecule has 0 aliphatic carbocycles. The third-order valence-corrected chi connectivity index (χ3v) is 3.72. The number of hydrogen-bond donors (Lipinski definition) is 1. The summed E-state index contributed by atoms with van der Waals surface area (Å²) in [7, 11) is 0. The first-order valence-corrected chi connectivity index (χ1v) is 7.97. The second-order valence-corrected chi connectivity index (χ2v) is 5.47. The van der Waals surface area contributed by atoms with Gasteiger partial charge in [-0.25, -0.2) is 4.98 Å². The minimum atomic E-state index is 0.0475. The van der Waals surface area contributed by atoms with Gasteiger partial charge in [-0.15, -0.1) is 0 Å². The summed E-state index contributed by atoms with van der Waals surface area (Å²) in [5.41, 5.74) is 0.542. The fourth-order valence-corrected chi connectivity index (χ4v) is 2.56. The van der Waals surface area contributed by atoms with Crippen LogP contribution in [0.5, 0.6) is 0 Å². The van der Waals surface area contributed by atoms with Crippen LogP contribution in [0.3, 0.4) is 0 Å². The van der Waals surface area contributed by atoms with Crippen molar-refractivity contribution in [3.05, 3.63) is 23.9 Å². The Morgan fingerprint density at radius 2 is 1.95 bits per heavy atom. The minimum absolute atomic E-state index is 0.0475. The van der Waals surface area contributed by atoms with Gasteiger partial charge < -0.3 is 10.2 Å². The van der Waals surface area contributed by atoms with E-state index in [4.69, 9.17) is 0 Å². The molecule has 0 unspecified atom stereocenters. The van der Waals surface area contributed by atoms with E-state index in [1.807, 2.05) is 17.0 Å². The van der Waals surface area contributed by atoms with Gasteiger partial charge in [0, 0.05) is 32.7 Å². The van der Waals surface area contributed by atoms with Crippen LogP contribution in [-0.4, -0.2) is 60.0 Å². The van der Waals surface area contributed by atoms with Gasteiger partial charge in [0.25, 0.3) is 5.91 Å². The Labute approximate surface area is 127 Å². The minimum Gasteiger partial charge on any atom is -0.370 e. The number of hydrogen-bond acceptors (Lipinski definition) is 4. The van der Waals surface area contributed by atoms with E-state index in [9.17, 15) is 4.79 Å². The van der Waals surface area contributed by atoms with Crippen molar-refractivity contribution in [2.45, 2.75) is 26.7 Å². The lowest BCUT2D eigenvalue weighted by Crippen LogP contribution is -2.48. The van der Waals surface area contributed by atoms with Crippen LogP contribution in [0.4, 0.5) is 5.82 Å². The van der Waals surface area contributed by atoms with Gasteiger partial charge in [0.15, 0.2) is 0 Å². The molecule has 0 aromatic carbocycles. The van der Waals surface area contributed by atoms with Crippen LogP contribution in [0.2, 0.25) is 0 Å². The maximum atomic E-state index is 12.5. The van der Waals surface area contributed by atoms with Crippen LogP contribution in [0.25, 0.3) is 0 Å². The smallest absolute Gasteiger partial charge is 0.272 e. The van der Waals surface area contributed by atoms with Crippen LogP contribution in [-0.2, 0) is 0 Å². The Balaban J connectivity index is 1.94. The first-order valence-electron chi connectivity index (χ1n) is 7.97. The molecule has 1 fully saturated rings. The average Bonchev–Trinajstić information content (AvgIpc) is 2.53. The lowest BCUT2D eigenvalue weighted by Gasteiger charge is -2.34. The van der Waals surface area contributed by atoms with Crippen molar-refractivity contribution < 1.29 is 4.79 Å². The Kier molecular flexibility index (Phi) is 5.99. The molecule has 0 atom stereocenters. The molecule has 0 saturated carbocycles. The first-order chi connectivity index (χ1) is 10.2. The van der Waals surface area contributed by atoms with E-state index in [2.05, 4.69) is 29.0 Å². The number of amides is 1. The standard InChI is InChI=1S/C16H26N4O/c1-3-8-17-15-7-5-6-14(18-15)16(21)20-12-10-19(9-4-2)11-13-20/h5-7H,3-4,8-13H2,1-2H3,(H,17,18). The van der Waals surface area contributed by atoms with Crippen molar-refractivity contribution >= 4 is 11.7 Å². The van der Waals surface area contributed by atoms with Gasteiger partial charge in [-0.2, -0.15) is 0 Å². The summed E-state index contributed by atoms with van der Waals surface area (Å²) in [6.07, 6.45) is 2.21. The molecule has 1 N–H and O–H groups in total. The van der Waals surface area contributed by atoms with Gasteiger partial charge in [0.05, 0.1) is 0 Å². The van der Waals surface area contributed by atoms with Crippen molar-refractivity contribution in [1.29, 1.82) is 0 Å². The lowest BCUT2D eigenvalue weighted by molar-refractivity contribution is 0.0632. The third-order valence-electron chi connectivity index (χ3n) is 3.72. The maximum absolute atomic E-state index is 12.5. The number of nitrogens with zero attached hydrogens (tertiary/aromatic N) is 3. The molecule has 5 heteroatoms. The van der Waals surface area contributed by atoms with E-state index < -0.39 is 0 Å². The number of carbonyl (C=O) groups excluding carboxylic acids is 1. The average molecular weight is 290 g/mol. The molecule has 0 radical (unpaired) electrons. The van der Waals surface area contributed by atoms with E-state index in [-0.39, 0.29) is 5.91 Å². The Morgan fingerprint density at radius 3 is 2.62 bits per heavy atom. The number of carbonyl (C=O) groups is 1. The van der Waals surface area contributed by atoms with Crippen molar-refractivity contribution in [2.75, 3.05) is 44.6 Å². The molecular weight excluding hydrogens is 264 g/mol. The molecule has 0 bridgehead atoms. The molecule has 1 saturated heterocycles. The molecule has 5 nitrogen and oxygen atoms in total. The van der Waals surface area contributed by atoms with E-state index in [0.29, 0.717) is 5.69 Å². The van der Waals surface area contributed by atoms with Gasteiger partial charge in [-0.1, -0.05) is 19.9 Å². The Hall–Kier alpha value is -1.62. The van der Waals surface area contributed by atoms with Gasteiger partial charge in [-0.3, -0.25) is 9.69 Å². The van der Waals surface area contributed by atoms with E-state index in [1.54, 1.807) is 6.07 Å². The molecule has 0 spiro atoms. The number of anilines is 1. The monoisotopic (exact) mass is 290 g/mol. The zero-order chi connectivity index (χ0) is 15.1. The summed E-state index contributed by atoms with van der Waals surface area (Å²) in [6, 6.07) is 5.61. The highest BCUT2D eigenvalue weighted by Crippen LogP contribution is 2.10. The van der Waals surface area contributed by atoms with Crippen LogP contribution >= 0.6 is 0 Å². The predicted molar refractivity (Wildman–Crippen MR) is 85.7 cm³/mol. The Morgan fingerprint density at radius 1 is 1.19 bits per heavy atom. The highest BCUT2D eigenvalue weighted by atomic mass is 16.2. The molecule has 1 aliphatic rings. The van der Waals surface area contributed by atoms with E-state index in [0.717, 1.165) is 51.5 Å². The normalized spacial score (nSPS) is 16.0. The summed E-state index contributed by atoms with van der Waals surface area (Å²) in [4.78, 5) is 21.3. The van der Waals surface area contributed by atoms with Crippen LogP contribution in [0, 0.1) is 0 Å². The first kappa shape index (κ1) is 15.8. The molecule has 1 aromatic rings. The van der Waals surface area contributed by atoms with Crippen molar-refractivity contribution in [3.63, 3.8) is 0 Å². The van der Waals surface area contributed by atoms with E-state index in [1.165, 1.54) is 6.42 Å². The molecule has 116 valence electrons. The van der Waals surface area contributed by atoms with Crippen molar-refractivity contribution in [1.82, 2.24) is 14.8 Å². The summed E-state index contributed by atoms with van der Waals surface area (Å²) >= 11 is 0. The maximum Gasteiger partial charge on any atom is 0.272 e. The molecule has 2 heterocycles. The van der Waals surface area contributed by atoms with Gasteiger partial charge in [-0.05, 0) is 31.5 Å². The highest BCUT2D eigenvalue weighted by Gasteiger charge is 2.22. The lowest BCUT2D eigenvalue weighted by atomic mass is 10.2. The molecule has 1 amide bonds. The van der Waals surface area contributed by atoms with Gasteiger partial charge in [0.1, 0.15) is 11.5 Å². The second-order valence-electron chi connectivity index (χ2n) is 5.47. The Bertz CT molecular complexity index is 455. The van der Waals surface area contributed by atoms with Crippen LogP contribution in [0.1, 0.15) is 37.2 Å². The summed E-state index contributed by atoms with van der Waals surface area (Å²) in [5.74, 6) is 0.832. The fourth-order valence-electron chi connectivity index (χ4n) is 2.56. The van der Waals surface area contributed by atoms with Gasteiger partial charge >= 0.3 is 0 Å². The van der Waals surface area contributed by atoms with E-state index >= 15 is 0 Å². The van der Waals surface area contributed by atoms with Crippen LogP contribution < -0.4 is 5.32 Å². The summed E-state index contributed by atoms with van der Waals surface area (Å²) in [6.45, 7) is 9.83. The van der Waals surface area contributed by atoms with Crippen molar-refractivity contribution in [2.24, 2.45) is 0 Å². The number of rotatable bonds is 6. The molecule has 1 aromatic heterocycles.